The van der Waals surface area contributed by atoms with Gasteiger partial charge in [-0.1, -0.05) is 78.2 Å². The summed E-state index contributed by atoms with van der Waals surface area (Å²) in [6, 6.07) is 19.3. The lowest BCUT2D eigenvalue weighted by Crippen LogP contribution is -2.53. The Hall–Kier alpha value is -4.83. The molecule has 0 aromatic heterocycles. The van der Waals surface area contributed by atoms with E-state index in [4.69, 9.17) is 16.7 Å². The smallest absolute Gasteiger partial charge is 0.303 e. The minimum atomic E-state index is -1.63. The summed E-state index contributed by atoms with van der Waals surface area (Å²) in [5.74, 6) is -8.44. The number of anilines is 1. The average molecular weight is 685 g/mol. The van der Waals surface area contributed by atoms with Crippen LogP contribution >= 0.6 is 11.6 Å². The zero-order chi connectivity index (χ0) is 34.6. The van der Waals surface area contributed by atoms with Gasteiger partial charge in [-0.2, -0.15) is 0 Å². The maximum atomic E-state index is 15.2. The van der Waals surface area contributed by atoms with Gasteiger partial charge in [0.15, 0.2) is 11.6 Å². The number of unbranched alkanes of at least 4 members (excludes halogenated alkanes) is 2. The van der Waals surface area contributed by atoms with Gasteiger partial charge in [0.05, 0.1) is 28.9 Å². The molecule has 9 nitrogen and oxygen atoms in total. The predicted octanol–water partition coefficient (Wildman–Crippen LogP) is 5.99. The first-order valence-electron chi connectivity index (χ1n) is 16.5. The second-order valence-electron chi connectivity index (χ2n) is 13.3. The van der Waals surface area contributed by atoms with E-state index in [1.807, 2.05) is 6.08 Å². The third-order valence-electron chi connectivity index (χ3n) is 10.9. The highest BCUT2D eigenvalue weighted by Gasteiger charge is 2.70. The van der Waals surface area contributed by atoms with Gasteiger partial charge in [0.25, 0.3) is 0 Å². The molecular weight excluding hydrogens is 651 g/mol. The summed E-state index contributed by atoms with van der Waals surface area (Å²) in [7, 11) is 0. The van der Waals surface area contributed by atoms with E-state index in [-0.39, 0.29) is 48.9 Å². The molecule has 4 amide bonds. The fourth-order valence-corrected chi connectivity index (χ4v) is 9.05. The summed E-state index contributed by atoms with van der Waals surface area (Å²) >= 11 is 6.32. The Morgan fingerprint density at radius 1 is 0.898 bits per heavy atom. The summed E-state index contributed by atoms with van der Waals surface area (Å²) in [5.41, 5.74) is -0.123. The van der Waals surface area contributed by atoms with E-state index in [0.717, 1.165) is 11.0 Å². The second-order valence-corrected chi connectivity index (χ2v) is 13.7. The first-order chi connectivity index (χ1) is 23.6. The molecule has 49 heavy (non-hydrogen) atoms. The van der Waals surface area contributed by atoms with E-state index in [1.165, 1.54) is 17.0 Å². The molecule has 6 atom stereocenters. The van der Waals surface area contributed by atoms with Gasteiger partial charge < -0.3 is 10.2 Å². The number of benzene rings is 3. The molecular formula is C38H34ClFN2O7. The fourth-order valence-electron chi connectivity index (χ4n) is 8.86. The lowest BCUT2D eigenvalue weighted by molar-refractivity contribution is -0.141. The van der Waals surface area contributed by atoms with Crippen molar-refractivity contribution in [2.75, 3.05) is 11.4 Å². The summed E-state index contributed by atoms with van der Waals surface area (Å²) in [6.45, 7) is 0.151. The van der Waals surface area contributed by atoms with Crippen molar-refractivity contribution in [1.82, 2.24) is 4.90 Å². The number of imide groups is 2. The van der Waals surface area contributed by atoms with E-state index >= 15 is 9.18 Å². The van der Waals surface area contributed by atoms with E-state index in [1.54, 1.807) is 54.6 Å². The Morgan fingerprint density at radius 3 is 2.39 bits per heavy atom. The van der Waals surface area contributed by atoms with Gasteiger partial charge in [-0.15, -0.1) is 0 Å². The first kappa shape index (κ1) is 32.7. The number of amides is 4. The SMILES string of the molecule is O=C(O)CCCCCN1C(=O)C2CC=C3C(CC4C(=O)N(c5cccc(Cl)c5)C(=O)C4(c4ccccc4)C3c3cccc(F)c3O)C2C1=O. The lowest BCUT2D eigenvalue weighted by atomic mass is 9.49. The molecule has 4 aliphatic rings. The number of para-hydroxylation sites is 1. The molecule has 6 unspecified atom stereocenters. The topological polar surface area (TPSA) is 132 Å². The van der Waals surface area contributed by atoms with Gasteiger partial charge in [-0.25, -0.2) is 9.29 Å². The van der Waals surface area contributed by atoms with E-state index in [2.05, 4.69) is 0 Å². The standard InChI is InChI=1S/C38H34ClFN2O7/c39-22-11-7-12-23(19-22)42-35(47)28-20-27-24(16-17-25-31(27)36(48)41(34(25)46)18-6-2-5-15-30(43)44)32(26-13-8-14-29(40)33(26)45)38(28,37(42)49)21-9-3-1-4-10-21/h1,3-4,7-14,16,19,25,27-28,31-32,45H,2,5-6,15,17-18,20H2,(H,43,44). The zero-order valence-corrected chi connectivity index (χ0v) is 27.2. The van der Waals surface area contributed by atoms with Gasteiger partial charge >= 0.3 is 5.97 Å². The molecule has 1 saturated carbocycles. The highest BCUT2D eigenvalue weighted by molar-refractivity contribution is 6.32. The number of carboxylic acids is 1. The van der Waals surface area contributed by atoms with Crippen molar-refractivity contribution in [3.63, 3.8) is 0 Å². The van der Waals surface area contributed by atoms with Crippen LogP contribution in [0.5, 0.6) is 5.75 Å². The Bertz CT molecular complexity index is 1910. The van der Waals surface area contributed by atoms with Crippen molar-refractivity contribution < 1.29 is 38.6 Å². The van der Waals surface area contributed by atoms with Crippen LogP contribution in [-0.4, -0.2) is 51.3 Å². The van der Waals surface area contributed by atoms with Crippen molar-refractivity contribution in [3.05, 3.63) is 106 Å². The van der Waals surface area contributed by atoms with Crippen LogP contribution in [0.3, 0.4) is 0 Å². The number of rotatable bonds is 9. The fraction of sp³-hybridized carbons (Fsp3) is 0.342. The monoisotopic (exact) mass is 684 g/mol. The van der Waals surface area contributed by atoms with Crippen molar-refractivity contribution in [3.8, 4) is 5.75 Å². The molecule has 11 heteroatoms. The third kappa shape index (κ3) is 5.07. The van der Waals surface area contributed by atoms with Crippen LogP contribution in [0.4, 0.5) is 10.1 Å². The Balaban J connectivity index is 1.37. The highest BCUT2D eigenvalue weighted by Crippen LogP contribution is 2.65. The number of carbonyl (C=O) groups is 5. The number of carbonyl (C=O) groups excluding carboxylic acids is 4. The van der Waals surface area contributed by atoms with Crippen molar-refractivity contribution in [1.29, 1.82) is 0 Å². The van der Waals surface area contributed by atoms with Crippen LogP contribution in [-0.2, 0) is 29.4 Å². The Labute approximate surface area is 287 Å². The quantitative estimate of drug-likeness (QED) is 0.161. The first-order valence-corrected chi connectivity index (χ1v) is 16.9. The number of hydrogen-bond acceptors (Lipinski definition) is 6. The largest absolute Gasteiger partial charge is 0.505 e. The molecule has 2 aliphatic heterocycles. The van der Waals surface area contributed by atoms with Crippen LogP contribution in [0.15, 0.2) is 84.4 Å². The molecule has 2 N–H and O–H groups in total. The minimum Gasteiger partial charge on any atom is -0.505 e. The number of aliphatic carboxylic acids is 1. The summed E-state index contributed by atoms with van der Waals surface area (Å²) < 4.78 is 15.2. The maximum Gasteiger partial charge on any atom is 0.303 e. The highest BCUT2D eigenvalue weighted by atomic mass is 35.5. The van der Waals surface area contributed by atoms with Crippen LogP contribution in [0, 0.1) is 29.5 Å². The van der Waals surface area contributed by atoms with Crippen molar-refractivity contribution in [2.24, 2.45) is 23.7 Å². The van der Waals surface area contributed by atoms with Gasteiger partial charge in [-0.05, 0) is 61.4 Å². The molecule has 0 spiro atoms. The van der Waals surface area contributed by atoms with Gasteiger partial charge in [-0.3, -0.25) is 28.9 Å². The van der Waals surface area contributed by atoms with Crippen LogP contribution in [0.25, 0.3) is 0 Å². The molecule has 2 aliphatic carbocycles. The molecule has 0 bridgehead atoms. The number of aromatic hydroxyl groups is 1. The average Bonchev–Trinajstić information content (AvgIpc) is 3.46. The number of hydrogen-bond donors (Lipinski definition) is 2. The third-order valence-corrected chi connectivity index (χ3v) is 11.1. The molecule has 252 valence electrons. The Kier molecular flexibility index (Phi) is 8.39. The normalized spacial score (nSPS) is 27.6. The molecule has 3 aromatic rings. The number of fused-ring (bicyclic) bond motifs is 4. The zero-order valence-electron chi connectivity index (χ0n) is 26.4. The number of nitrogens with zero attached hydrogens (tertiary/aromatic N) is 2. The van der Waals surface area contributed by atoms with Gasteiger partial charge in [0.1, 0.15) is 0 Å². The Morgan fingerprint density at radius 2 is 1.65 bits per heavy atom. The van der Waals surface area contributed by atoms with Crippen LogP contribution in [0.1, 0.15) is 55.6 Å². The van der Waals surface area contributed by atoms with E-state index in [0.29, 0.717) is 35.4 Å². The summed E-state index contributed by atoms with van der Waals surface area (Å²) in [4.78, 5) is 71.0. The van der Waals surface area contributed by atoms with Crippen LogP contribution in [0.2, 0.25) is 5.02 Å². The predicted molar refractivity (Wildman–Crippen MR) is 177 cm³/mol. The number of phenols is 1. The second kappa shape index (κ2) is 12.6. The molecule has 3 aromatic carbocycles. The number of carboxylic acid groups (broad SMARTS) is 1. The van der Waals surface area contributed by atoms with Crippen molar-refractivity contribution in [2.45, 2.75) is 49.9 Å². The maximum absolute atomic E-state index is 15.2. The summed E-state index contributed by atoms with van der Waals surface area (Å²) in [6.07, 6.45) is 3.53. The number of phenolic OH excluding ortho intramolecular Hbond substituents is 1. The van der Waals surface area contributed by atoms with E-state index < -0.39 is 64.4 Å². The number of likely N-dealkylation sites (tertiary alicyclic amines) is 1. The minimum absolute atomic E-state index is 0.000314. The van der Waals surface area contributed by atoms with Gasteiger partial charge in [0, 0.05) is 29.5 Å². The summed E-state index contributed by atoms with van der Waals surface area (Å²) in [5, 5.41) is 20.6. The van der Waals surface area contributed by atoms with Crippen molar-refractivity contribution >= 4 is 46.9 Å². The van der Waals surface area contributed by atoms with E-state index in [9.17, 15) is 24.3 Å². The molecule has 2 saturated heterocycles. The van der Waals surface area contributed by atoms with Gasteiger partial charge in [0.2, 0.25) is 23.6 Å². The number of allylic oxidation sites excluding steroid dienone is 2. The molecule has 3 fully saturated rings. The lowest BCUT2D eigenvalue weighted by Gasteiger charge is -2.50. The molecule has 7 rings (SSSR count). The van der Waals surface area contributed by atoms with Crippen LogP contribution < -0.4 is 4.90 Å². The molecule has 2 heterocycles. The number of halogens is 2. The molecule has 0 radical (unpaired) electrons.